The number of anilines is 1. The number of hydrogen-bond acceptors (Lipinski definition) is 5. The van der Waals surface area contributed by atoms with Gasteiger partial charge in [0.05, 0.1) is 23.4 Å². The molecule has 3 aromatic rings. The highest BCUT2D eigenvalue weighted by Gasteiger charge is 2.23. The minimum absolute atomic E-state index is 0.0675. The molecule has 5 rings (SSSR count). The van der Waals surface area contributed by atoms with E-state index in [1.165, 1.54) is 35.1 Å². The smallest absolute Gasteiger partial charge is 0.260 e. The molecule has 0 atom stereocenters. The zero-order valence-corrected chi connectivity index (χ0v) is 20.5. The van der Waals surface area contributed by atoms with E-state index in [9.17, 15) is 4.79 Å². The molecule has 6 heteroatoms. The number of fused-ring (bicyclic) bond motifs is 2. The van der Waals surface area contributed by atoms with Crippen molar-refractivity contribution < 1.29 is 9.53 Å². The number of benzene rings is 2. The largest absolute Gasteiger partial charge is 0.379 e. The predicted molar refractivity (Wildman–Crippen MR) is 136 cm³/mol. The van der Waals surface area contributed by atoms with Crippen molar-refractivity contribution in [2.75, 3.05) is 44.3 Å². The zero-order valence-electron chi connectivity index (χ0n) is 19.7. The minimum atomic E-state index is 0.0675. The monoisotopic (exact) mass is 463 g/mol. The molecule has 1 aliphatic carbocycles. The van der Waals surface area contributed by atoms with Gasteiger partial charge in [-0.25, -0.2) is 4.98 Å². The summed E-state index contributed by atoms with van der Waals surface area (Å²) in [4.78, 5) is 23.0. The van der Waals surface area contributed by atoms with Gasteiger partial charge in [0.15, 0.2) is 5.13 Å². The van der Waals surface area contributed by atoms with Gasteiger partial charge in [0.1, 0.15) is 0 Å². The number of aromatic nitrogens is 1. The lowest BCUT2D eigenvalue weighted by molar-refractivity contribution is 0.0376. The van der Waals surface area contributed by atoms with E-state index in [0.29, 0.717) is 6.54 Å². The Bertz CT molecular complexity index is 1110. The number of carbonyl (C=O) groups is 1. The van der Waals surface area contributed by atoms with Crippen molar-refractivity contribution in [3.8, 4) is 0 Å². The molecule has 2 aliphatic rings. The first kappa shape index (κ1) is 22.5. The van der Waals surface area contributed by atoms with Crippen LogP contribution in [0.3, 0.4) is 0 Å². The first-order valence-corrected chi connectivity index (χ1v) is 13.0. The summed E-state index contributed by atoms with van der Waals surface area (Å²) in [5, 5.41) is 0.805. The molecule has 0 radical (unpaired) electrons. The maximum atomic E-state index is 13.8. The number of thiazole rings is 1. The third-order valence-corrected chi connectivity index (χ3v) is 8.07. The summed E-state index contributed by atoms with van der Waals surface area (Å²) in [6.07, 6.45) is 5.59. The van der Waals surface area contributed by atoms with Crippen LogP contribution >= 0.6 is 11.3 Å². The molecule has 1 aromatic heterocycles. The lowest BCUT2D eigenvalue weighted by Gasteiger charge is -2.28. The molecular formula is C27H33N3O2S. The Hall–Kier alpha value is -2.28. The van der Waals surface area contributed by atoms with Crippen molar-refractivity contribution in [2.45, 2.75) is 46.0 Å². The highest BCUT2D eigenvalue weighted by molar-refractivity contribution is 7.22. The SMILES string of the molecule is Cc1cc2nc(N(CCCN3CCOCC3)C(=O)c3ccc4c(c3)CCCC4)sc2cc1C. The van der Waals surface area contributed by atoms with Crippen molar-refractivity contribution in [3.63, 3.8) is 0 Å². The first-order chi connectivity index (χ1) is 16.1. The van der Waals surface area contributed by atoms with E-state index < -0.39 is 0 Å². The number of ether oxygens (including phenoxy) is 1. The summed E-state index contributed by atoms with van der Waals surface area (Å²) in [5.41, 5.74) is 7.01. The number of nitrogens with zero attached hydrogens (tertiary/aromatic N) is 3. The van der Waals surface area contributed by atoms with Crippen LogP contribution < -0.4 is 4.90 Å². The average Bonchev–Trinajstić information content (AvgIpc) is 3.24. The highest BCUT2D eigenvalue weighted by atomic mass is 32.1. The number of carbonyl (C=O) groups excluding carboxylic acids is 1. The van der Waals surface area contributed by atoms with Crippen LogP contribution in [0.5, 0.6) is 0 Å². The third-order valence-electron chi connectivity index (χ3n) is 7.02. The molecule has 0 saturated carbocycles. The van der Waals surface area contributed by atoms with Gasteiger partial charge in [0.2, 0.25) is 0 Å². The van der Waals surface area contributed by atoms with Crippen molar-refractivity contribution in [2.24, 2.45) is 0 Å². The van der Waals surface area contributed by atoms with E-state index in [2.05, 4.69) is 43.0 Å². The molecular weight excluding hydrogens is 430 g/mol. The standard InChI is InChI=1S/C27H33N3O2S/c1-19-16-24-25(17-20(19)2)33-27(28-24)30(11-5-10-29-12-14-32-15-13-29)26(31)23-9-8-21-6-3-4-7-22(21)18-23/h8-9,16-18H,3-7,10-15H2,1-2H3. The van der Waals surface area contributed by atoms with Crippen molar-refractivity contribution in [1.82, 2.24) is 9.88 Å². The molecule has 0 unspecified atom stereocenters. The normalized spacial score (nSPS) is 16.7. The van der Waals surface area contributed by atoms with Gasteiger partial charge in [-0.15, -0.1) is 0 Å². The van der Waals surface area contributed by atoms with Gasteiger partial charge in [-0.3, -0.25) is 14.6 Å². The van der Waals surface area contributed by atoms with Gasteiger partial charge >= 0.3 is 0 Å². The van der Waals surface area contributed by atoms with Crippen LogP contribution in [0.1, 0.15) is 51.9 Å². The fourth-order valence-electron chi connectivity index (χ4n) is 4.87. The number of rotatable bonds is 6. The molecule has 0 bridgehead atoms. The molecule has 33 heavy (non-hydrogen) atoms. The summed E-state index contributed by atoms with van der Waals surface area (Å²) < 4.78 is 6.62. The van der Waals surface area contributed by atoms with E-state index in [1.807, 2.05) is 11.0 Å². The van der Waals surface area contributed by atoms with Gasteiger partial charge in [-0.05, 0) is 92.5 Å². The summed E-state index contributed by atoms with van der Waals surface area (Å²) in [6.45, 7) is 9.43. The van der Waals surface area contributed by atoms with Crippen molar-refractivity contribution >= 4 is 32.6 Å². The van der Waals surface area contributed by atoms with Crippen LogP contribution in [0.15, 0.2) is 30.3 Å². The Kier molecular flexibility index (Phi) is 6.76. The Labute approximate surface area is 200 Å². The van der Waals surface area contributed by atoms with Crippen molar-refractivity contribution in [1.29, 1.82) is 0 Å². The second kappa shape index (κ2) is 9.92. The van der Waals surface area contributed by atoms with E-state index in [0.717, 1.165) is 73.0 Å². The summed E-state index contributed by atoms with van der Waals surface area (Å²) in [6, 6.07) is 10.6. The number of amides is 1. The Morgan fingerprint density at radius 1 is 1.06 bits per heavy atom. The molecule has 1 amide bonds. The zero-order chi connectivity index (χ0) is 22.8. The highest BCUT2D eigenvalue weighted by Crippen LogP contribution is 2.32. The Morgan fingerprint density at radius 2 is 1.82 bits per heavy atom. The molecule has 1 fully saturated rings. The molecule has 1 aliphatic heterocycles. The van der Waals surface area contributed by atoms with E-state index in [-0.39, 0.29) is 5.91 Å². The van der Waals surface area contributed by atoms with Gasteiger partial charge in [-0.2, -0.15) is 0 Å². The van der Waals surface area contributed by atoms with Crippen LogP contribution in [-0.2, 0) is 17.6 Å². The van der Waals surface area contributed by atoms with E-state index in [4.69, 9.17) is 9.72 Å². The van der Waals surface area contributed by atoms with Crippen LogP contribution in [-0.4, -0.2) is 55.2 Å². The third kappa shape index (κ3) is 4.98. The minimum Gasteiger partial charge on any atom is -0.379 e. The van der Waals surface area contributed by atoms with Gasteiger partial charge in [0.25, 0.3) is 5.91 Å². The molecule has 1 saturated heterocycles. The topological polar surface area (TPSA) is 45.7 Å². The maximum absolute atomic E-state index is 13.8. The van der Waals surface area contributed by atoms with E-state index >= 15 is 0 Å². The summed E-state index contributed by atoms with van der Waals surface area (Å²) in [7, 11) is 0. The first-order valence-electron chi connectivity index (χ1n) is 12.2. The fourth-order valence-corrected chi connectivity index (χ4v) is 5.94. The summed E-state index contributed by atoms with van der Waals surface area (Å²) >= 11 is 1.63. The Balaban J connectivity index is 1.42. The van der Waals surface area contributed by atoms with Crippen LogP contribution in [0.2, 0.25) is 0 Å². The Morgan fingerprint density at radius 3 is 2.64 bits per heavy atom. The molecule has 174 valence electrons. The molecule has 2 heterocycles. The van der Waals surface area contributed by atoms with Gasteiger partial charge < -0.3 is 4.74 Å². The number of hydrogen-bond donors (Lipinski definition) is 0. The maximum Gasteiger partial charge on any atom is 0.260 e. The van der Waals surface area contributed by atoms with Crippen molar-refractivity contribution in [3.05, 3.63) is 58.1 Å². The average molecular weight is 464 g/mol. The lowest BCUT2D eigenvalue weighted by atomic mass is 9.90. The molecule has 5 nitrogen and oxygen atoms in total. The number of morpholine rings is 1. The molecule has 0 spiro atoms. The molecule has 0 N–H and O–H groups in total. The van der Waals surface area contributed by atoms with Gasteiger partial charge in [0, 0.05) is 31.7 Å². The second-order valence-electron chi connectivity index (χ2n) is 9.36. The second-order valence-corrected chi connectivity index (χ2v) is 10.4. The fraction of sp³-hybridized carbons (Fsp3) is 0.481. The summed E-state index contributed by atoms with van der Waals surface area (Å²) in [5.74, 6) is 0.0675. The molecule has 2 aromatic carbocycles. The van der Waals surface area contributed by atoms with Crippen LogP contribution in [0.4, 0.5) is 5.13 Å². The van der Waals surface area contributed by atoms with Crippen LogP contribution in [0, 0.1) is 13.8 Å². The lowest BCUT2D eigenvalue weighted by Crippen LogP contribution is -2.39. The quantitative estimate of drug-likeness (QED) is 0.507. The predicted octanol–water partition coefficient (Wildman–Crippen LogP) is 5.16. The van der Waals surface area contributed by atoms with Gasteiger partial charge in [-0.1, -0.05) is 17.4 Å². The number of aryl methyl sites for hydroxylation is 4. The van der Waals surface area contributed by atoms with E-state index in [1.54, 1.807) is 11.3 Å². The van der Waals surface area contributed by atoms with Crippen LogP contribution in [0.25, 0.3) is 10.2 Å².